The Labute approximate surface area is 154 Å². The molecule has 0 amide bonds. The van der Waals surface area contributed by atoms with Crippen LogP contribution in [0.25, 0.3) is 11.3 Å². The van der Waals surface area contributed by atoms with Crippen LogP contribution in [0.15, 0.2) is 30.3 Å². The molecule has 26 heavy (non-hydrogen) atoms. The van der Waals surface area contributed by atoms with Gasteiger partial charge in [0, 0.05) is 12.1 Å². The normalized spacial score (nSPS) is 10.7. The van der Waals surface area contributed by atoms with Crippen molar-refractivity contribution in [3.05, 3.63) is 36.0 Å². The molecule has 0 unspecified atom stereocenters. The van der Waals surface area contributed by atoms with Gasteiger partial charge in [-0.3, -0.25) is 4.79 Å². The molecule has 0 N–H and O–H groups in total. The van der Waals surface area contributed by atoms with Gasteiger partial charge in [-0.05, 0) is 13.3 Å². The number of esters is 1. The molecule has 0 aliphatic rings. The number of hydrogen-bond acceptors (Lipinski definition) is 5. The zero-order valence-corrected chi connectivity index (χ0v) is 15.6. The molecular formula is C20H27N3O3. The van der Waals surface area contributed by atoms with Crippen molar-refractivity contribution in [3.8, 4) is 11.3 Å². The van der Waals surface area contributed by atoms with Crippen LogP contribution in [-0.2, 0) is 16.1 Å². The maximum atomic E-state index is 12.6. The van der Waals surface area contributed by atoms with Crippen molar-refractivity contribution in [2.75, 3.05) is 6.61 Å². The summed E-state index contributed by atoms with van der Waals surface area (Å²) in [7, 11) is 0. The van der Waals surface area contributed by atoms with Crippen LogP contribution in [0.5, 0.6) is 0 Å². The number of unbranched alkanes of at least 4 members (excludes halogenated alkanes) is 5. The summed E-state index contributed by atoms with van der Waals surface area (Å²) in [4.78, 5) is 24.6. The fourth-order valence-corrected chi connectivity index (χ4v) is 2.82. The van der Waals surface area contributed by atoms with Gasteiger partial charge in [-0.1, -0.05) is 74.6 Å². The Morgan fingerprint density at radius 3 is 2.38 bits per heavy atom. The molecule has 0 bridgehead atoms. The van der Waals surface area contributed by atoms with Gasteiger partial charge < -0.3 is 4.74 Å². The number of carbonyl (C=O) groups is 2. The lowest BCUT2D eigenvalue weighted by Gasteiger charge is -2.07. The molecule has 0 atom stereocenters. The van der Waals surface area contributed by atoms with Crippen molar-refractivity contribution >= 4 is 11.8 Å². The van der Waals surface area contributed by atoms with Gasteiger partial charge in [0.05, 0.1) is 6.61 Å². The van der Waals surface area contributed by atoms with E-state index in [2.05, 4.69) is 17.2 Å². The third-order valence-corrected chi connectivity index (χ3v) is 4.18. The van der Waals surface area contributed by atoms with Crippen LogP contribution < -0.4 is 0 Å². The minimum atomic E-state index is -0.865. The van der Waals surface area contributed by atoms with Crippen LogP contribution in [0.1, 0.15) is 62.9 Å². The highest BCUT2D eigenvalue weighted by Crippen LogP contribution is 2.22. The van der Waals surface area contributed by atoms with Gasteiger partial charge in [-0.25, -0.2) is 9.48 Å². The van der Waals surface area contributed by atoms with Gasteiger partial charge >= 0.3 is 5.97 Å². The van der Waals surface area contributed by atoms with E-state index in [1.807, 2.05) is 30.3 Å². The number of nitrogens with zero attached hydrogens (tertiary/aromatic N) is 3. The van der Waals surface area contributed by atoms with Crippen molar-refractivity contribution in [2.24, 2.45) is 0 Å². The van der Waals surface area contributed by atoms with Crippen molar-refractivity contribution < 1.29 is 14.3 Å². The molecule has 1 heterocycles. The summed E-state index contributed by atoms with van der Waals surface area (Å²) < 4.78 is 6.43. The van der Waals surface area contributed by atoms with Gasteiger partial charge in [-0.15, -0.1) is 5.10 Å². The van der Waals surface area contributed by atoms with E-state index >= 15 is 0 Å². The lowest BCUT2D eigenvalue weighted by atomic mass is 10.1. The van der Waals surface area contributed by atoms with E-state index in [9.17, 15) is 9.59 Å². The zero-order valence-electron chi connectivity index (χ0n) is 15.6. The van der Waals surface area contributed by atoms with E-state index in [0.29, 0.717) is 12.2 Å². The smallest absolute Gasteiger partial charge is 0.381 e. The standard InChI is InChI=1S/C20H27N3O3/c1-3-5-6-7-8-12-15-23-18(19(24)20(25)26-4-2)17(21-22-23)16-13-10-9-11-14-16/h9-11,13-14H,3-8,12,15H2,1-2H3. The quantitative estimate of drug-likeness (QED) is 0.262. The molecule has 0 saturated heterocycles. The number of aromatic nitrogens is 3. The maximum absolute atomic E-state index is 12.6. The van der Waals surface area contributed by atoms with Crippen molar-refractivity contribution in [3.63, 3.8) is 0 Å². The SMILES string of the molecule is CCCCCCCCn1nnc(-c2ccccc2)c1C(=O)C(=O)OCC. The molecule has 6 heteroatoms. The largest absolute Gasteiger partial charge is 0.460 e. The van der Waals surface area contributed by atoms with Gasteiger partial charge in [0.25, 0.3) is 5.78 Å². The Hall–Kier alpha value is -2.50. The minimum Gasteiger partial charge on any atom is -0.460 e. The number of Topliss-reactive ketones (excluding diaryl/α,β-unsaturated/α-hetero) is 1. The van der Waals surface area contributed by atoms with E-state index in [0.717, 1.165) is 24.8 Å². The van der Waals surface area contributed by atoms with Crippen LogP contribution >= 0.6 is 0 Å². The predicted molar refractivity (Wildman–Crippen MR) is 99.8 cm³/mol. The van der Waals surface area contributed by atoms with E-state index in [1.165, 1.54) is 19.3 Å². The number of ketones is 1. The highest BCUT2D eigenvalue weighted by Gasteiger charge is 2.27. The average Bonchev–Trinajstić information content (AvgIpc) is 3.08. The highest BCUT2D eigenvalue weighted by atomic mass is 16.5. The van der Waals surface area contributed by atoms with E-state index in [-0.39, 0.29) is 12.3 Å². The summed E-state index contributed by atoms with van der Waals surface area (Å²) in [6.45, 7) is 4.58. The van der Waals surface area contributed by atoms with Crippen molar-refractivity contribution in [1.82, 2.24) is 15.0 Å². The van der Waals surface area contributed by atoms with E-state index in [4.69, 9.17) is 4.74 Å². The Balaban J connectivity index is 2.18. The molecular weight excluding hydrogens is 330 g/mol. The maximum Gasteiger partial charge on any atom is 0.381 e. The third kappa shape index (κ3) is 5.25. The summed E-state index contributed by atoms with van der Waals surface area (Å²) in [6, 6.07) is 9.31. The first-order chi connectivity index (χ1) is 12.7. The fourth-order valence-electron chi connectivity index (χ4n) is 2.82. The molecule has 2 rings (SSSR count). The van der Waals surface area contributed by atoms with Crippen LogP contribution in [0.4, 0.5) is 0 Å². The minimum absolute atomic E-state index is 0.157. The molecule has 2 aromatic rings. The van der Waals surface area contributed by atoms with Crippen LogP contribution in [-0.4, -0.2) is 33.4 Å². The lowest BCUT2D eigenvalue weighted by Crippen LogP contribution is -2.22. The molecule has 0 fully saturated rings. The lowest BCUT2D eigenvalue weighted by molar-refractivity contribution is -0.137. The topological polar surface area (TPSA) is 74.1 Å². The second-order valence-electron chi connectivity index (χ2n) is 6.19. The summed E-state index contributed by atoms with van der Waals surface area (Å²) in [5.74, 6) is -1.56. The monoisotopic (exact) mass is 357 g/mol. The number of benzene rings is 1. The first-order valence-electron chi connectivity index (χ1n) is 9.39. The summed E-state index contributed by atoms with van der Waals surface area (Å²) in [5.41, 5.74) is 1.40. The zero-order chi connectivity index (χ0) is 18.8. The number of rotatable bonds is 11. The second-order valence-corrected chi connectivity index (χ2v) is 6.19. The Morgan fingerprint density at radius 2 is 1.69 bits per heavy atom. The van der Waals surface area contributed by atoms with Gasteiger partial charge in [0.1, 0.15) is 11.4 Å². The fraction of sp³-hybridized carbons (Fsp3) is 0.500. The van der Waals surface area contributed by atoms with Gasteiger partial charge in [0.2, 0.25) is 0 Å². The second kappa shape index (κ2) is 10.5. The molecule has 0 saturated carbocycles. The summed E-state index contributed by atoms with van der Waals surface area (Å²) >= 11 is 0. The van der Waals surface area contributed by atoms with Crippen LogP contribution in [0.2, 0.25) is 0 Å². The third-order valence-electron chi connectivity index (χ3n) is 4.18. The highest BCUT2D eigenvalue weighted by molar-refractivity contribution is 6.41. The van der Waals surface area contributed by atoms with Gasteiger partial charge in [0.15, 0.2) is 0 Å². The molecule has 140 valence electrons. The summed E-state index contributed by atoms with van der Waals surface area (Å²) in [5, 5.41) is 8.29. The molecule has 0 spiro atoms. The molecule has 0 radical (unpaired) electrons. The number of carbonyl (C=O) groups excluding carboxylic acids is 2. The molecule has 1 aromatic carbocycles. The Morgan fingerprint density at radius 1 is 1.00 bits per heavy atom. The van der Waals surface area contributed by atoms with Crippen molar-refractivity contribution in [1.29, 1.82) is 0 Å². The first kappa shape index (κ1) is 19.8. The predicted octanol–water partition coefficient (Wildman–Crippen LogP) is 4.05. The first-order valence-corrected chi connectivity index (χ1v) is 9.39. The number of hydrogen-bond donors (Lipinski definition) is 0. The van der Waals surface area contributed by atoms with E-state index in [1.54, 1.807) is 11.6 Å². The Bertz CT molecular complexity index is 710. The van der Waals surface area contributed by atoms with Crippen molar-refractivity contribution in [2.45, 2.75) is 58.9 Å². The molecule has 0 aliphatic heterocycles. The van der Waals surface area contributed by atoms with Crippen LogP contribution in [0.3, 0.4) is 0 Å². The molecule has 6 nitrogen and oxygen atoms in total. The number of aryl methyl sites for hydroxylation is 1. The Kier molecular flexibility index (Phi) is 7.99. The molecule has 1 aromatic heterocycles. The van der Waals surface area contributed by atoms with Crippen LogP contribution in [0, 0.1) is 0 Å². The molecule has 0 aliphatic carbocycles. The average molecular weight is 357 g/mol. The summed E-state index contributed by atoms with van der Waals surface area (Å²) in [6.07, 6.45) is 6.79. The van der Waals surface area contributed by atoms with Gasteiger partial charge in [-0.2, -0.15) is 0 Å². The number of ether oxygens (including phenoxy) is 1. The van der Waals surface area contributed by atoms with E-state index < -0.39 is 11.8 Å².